The van der Waals surface area contributed by atoms with Gasteiger partial charge in [-0.25, -0.2) is 0 Å². The maximum atomic E-state index is 12.9. The van der Waals surface area contributed by atoms with Crippen LogP contribution in [0, 0.1) is 5.92 Å². The summed E-state index contributed by atoms with van der Waals surface area (Å²) in [5.41, 5.74) is 1.77. The smallest absolute Gasteiger partial charge is 0.384 e. The molecule has 0 saturated heterocycles. The number of alkyl halides is 3. The summed E-state index contributed by atoms with van der Waals surface area (Å²) in [6, 6.07) is 0.344. The zero-order valence-corrected chi connectivity index (χ0v) is 10.9. The van der Waals surface area contributed by atoms with Crippen molar-refractivity contribution in [2.24, 2.45) is 11.8 Å². The fraction of sp³-hybridized carbons (Fsp3) is 0.583. The van der Waals surface area contributed by atoms with Crippen molar-refractivity contribution in [3.8, 4) is 0 Å². The maximum Gasteiger partial charge on any atom is 0.416 e. The first-order valence-electron chi connectivity index (χ1n) is 5.86. The van der Waals surface area contributed by atoms with Crippen LogP contribution in [0.25, 0.3) is 0 Å². The van der Waals surface area contributed by atoms with Crippen molar-refractivity contribution < 1.29 is 17.9 Å². The Labute approximate surface area is 110 Å². The number of hydrogen-bond donors (Lipinski definition) is 2. The highest BCUT2D eigenvalue weighted by Gasteiger charge is 2.35. The molecule has 0 aliphatic rings. The number of nitrogens with zero attached hydrogens (tertiary/aromatic N) is 1. The lowest BCUT2D eigenvalue weighted by Gasteiger charge is -2.23. The third-order valence-corrected chi connectivity index (χ3v) is 2.82. The van der Waals surface area contributed by atoms with Crippen LogP contribution in [-0.2, 0) is 10.9 Å². The van der Waals surface area contributed by atoms with E-state index in [4.69, 9.17) is 10.6 Å². The number of halogens is 3. The highest BCUT2D eigenvalue weighted by molar-refractivity contribution is 5.29. The van der Waals surface area contributed by atoms with E-state index in [2.05, 4.69) is 10.4 Å². The average molecular weight is 277 g/mol. The first kappa shape index (κ1) is 15.9. The molecule has 108 valence electrons. The molecule has 7 heteroatoms. The van der Waals surface area contributed by atoms with Gasteiger partial charge in [0.05, 0.1) is 5.56 Å². The number of rotatable bonds is 6. The summed E-state index contributed by atoms with van der Waals surface area (Å²) in [6.45, 7) is 2.34. The molecule has 1 aromatic heterocycles. The van der Waals surface area contributed by atoms with Gasteiger partial charge >= 0.3 is 6.18 Å². The molecule has 0 aromatic carbocycles. The number of nitrogens with two attached hydrogens (primary N) is 1. The number of hydrogen-bond acceptors (Lipinski definition) is 4. The van der Waals surface area contributed by atoms with Gasteiger partial charge in [0, 0.05) is 37.7 Å². The molecule has 2 atom stereocenters. The van der Waals surface area contributed by atoms with Gasteiger partial charge in [0.15, 0.2) is 0 Å². The van der Waals surface area contributed by atoms with Gasteiger partial charge < -0.3 is 4.74 Å². The molecule has 4 nitrogen and oxygen atoms in total. The molecule has 0 bridgehead atoms. The van der Waals surface area contributed by atoms with Crippen molar-refractivity contribution in [2.45, 2.75) is 25.6 Å². The molecular weight excluding hydrogens is 259 g/mol. The average Bonchev–Trinajstić information content (AvgIpc) is 2.35. The Morgan fingerprint density at radius 2 is 2.16 bits per heavy atom. The molecule has 2 unspecified atom stereocenters. The fourth-order valence-electron chi connectivity index (χ4n) is 1.98. The van der Waals surface area contributed by atoms with Crippen molar-refractivity contribution in [2.75, 3.05) is 13.7 Å². The van der Waals surface area contributed by atoms with Crippen molar-refractivity contribution in [1.82, 2.24) is 10.4 Å². The SMILES string of the molecule is COCC(C)CC(NN)c1cnccc1C(F)(F)F. The van der Waals surface area contributed by atoms with E-state index in [1.165, 1.54) is 6.20 Å². The first-order chi connectivity index (χ1) is 8.90. The van der Waals surface area contributed by atoms with Gasteiger partial charge in [-0.2, -0.15) is 13.2 Å². The minimum Gasteiger partial charge on any atom is -0.384 e. The molecule has 0 aliphatic heterocycles. The number of nitrogens with one attached hydrogen (secondary N) is 1. The van der Waals surface area contributed by atoms with Crippen LogP contribution < -0.4 is 11.3 Å². The lowest BCUT2D eigenvalue weighted by atomic mass is 9.94. The van der Waals surface area contributed by atoms with Crippen LogP contribution in [0.1, 0.15) is 30.5 Å². The number of aromatic nitrogens is 1. The van der Waals surface area contributed by atoms with Gasteiger partial charge in [0.1, 0.15) is 0 Å². The second-order valence-electron chi connectivity index (χ2n) is 4.48. The summed E-state index contributed by atoms with van der Waals surface area (Å²) in [7, 11) is 1.55. The van der Waals surface area contributed by atoms with Crippen LogP contribution >= 0.6 is 0 Å². The van der Waals surface area contributed by atoms with Crippen molar-refractivity contribution in [1.29, 1.82) is 0 Å². The summed E-state index contributed by atoms with van der Waals surface area (Å²) in [6.07, 6.45) is -1.66. The Kier molecular flexibility index (Phi) is 5.71. The summed E-state index contributed by atoms with van der Waals surface area (Å²) < 4.78 is 43.7. The topological polar surface area (TPSA) is 60.2 Å². The van der Waals surface area contributed by atoms with Gasteiger partial charge in [-0.3, -0.25) is 16.3 Å². The van der Waals surface area contributed by atoms with E-state index >= 15 is 0 Å². The van der Waals surface area contributed by atoms with Crippen molar-refractivity contribution in [3.05, 3.63) is 29.6 Å². The highest BCUT2D eigenvalue weighted by atomic mass is 19.4. The van der Waals surface area contributed by atoms with Gasteiger partial charge in [0.25, 0.3) is 0 Å². The molecule has 0 radical (unpaired) electrons. The van der Waals surface area contributed by atoms with Crippen molar-refractivity contribution in [3.63, 3.8) is 0 Å². The standard InChI is InChI=1S/C12H18F3N3O/c1-8(7-19-2)5-11(18-16)9-6-17-4-3-10(9)12(13,14)15/h3-4,6,8,11,18H,5,7,16H2,1-2H3. The van der Waals surface area contributed by atoms with E-state index in [1.807, 2.05) is 6.92 Å². The molecule has 3 N–H and O–H groups in total. The third kappa shape index (κ3) is 4.45. The van der Waals surface area contributed by atoms with Crippen molar-refractivity contribution >= 4 is 0 Å². The Hall–Kier alpha value is -1.18. The zero-order chi connectivity index (χ0) is 14.5. The van der Waals surface area contributed by atoms with Gasteiger partial charge in [0.2, 0.25) is 0 Å². The monoisotopic (exact) mass is 277 g/mol. The van der Waals surface area contributed by atoms with Crippen LogP contribution in [0.3, 0.4) is 0 Å². The summed E-state index contributed by atoms with van der Waals surface area (Å²) in [5, 5.41) is 0. The molecule has 0 aliphatic carbocycles. The Balaban J connectivity index is 2.98. The van der Waals surface area contributed by atoms with Crippen LogP contribution in [0.15, 0.2) is 18.5 Å². The largest absolute Gasteiger partial charge is 0.416 e. The van der Waals surface area contributed by atoms with Gasteiger partial charge in [-0.1, -0.05) is 6.92 Å². The fourth-order valence-corrected chi connectivity index (χ4v) is 1.98. The lowest BCUT2D eigenvalue weighted by Crippen LogP contribution is -2.31. The van der Waals surface area contributed by atoms with E-state index < -0.39 is 17.8 Å². The first-order valence-corrected chi connectivity index (χ1v) is 5.86. The number of pyridine rings is 1. The highest BCUT2D eigenvalue weighted by Crippen LogP contribution is 2.35. The molecule has 0 saturated carbocycles. The quantitative estimate of drug-likeness (QED) is 0.618. The minimum absolute atomic E-state index is 0.0560. The van der Waals surface area contributed by atoms with E-state index in [-0.39, 0.29) is 11.5 Å². The molecule has 19 heavy (non-hydrogen) atoms. The Bertz CT molecular complexity index is 398. The minimum atomic E-state index is -4.42. The molecule has 0 amide bonds. The normalized spacial score (nSPS) is 15.3. The Morgan fingerprint density at radius 1 is 1.47 bits per heavy atom. The number of ether oxygens (including phenoxy) is 1. The predicted molar refractivity (Wildman–Crippen MR) is 65.0 cm³/mol. The molecule has 1 heterocycles. The second-order valence-corrected chi connectivity index (χ2v) is 4.48. The van der Waals surface area contributed by atoms with Crippen LogP contribution in [-0.4, -0.2) is 18.7 Å². The maximum absolute atomic E-state index is 12.9. The predicted octanol–water partition coefficient (Wildman–Crippen LogP) is 2.28. The molecular formula is C12H18F3N3O. The van der Waals surface area contributed by atoms with E-state index in [1.54, 1.807) is 7.11 Å². The number of hydrazine groups is 1. The van der Waals surface area contributed by atoms with Gasteiger partial charge in [-0.15, -0.1) is 0 Å². The van der Waals surface area contributed by atoms with Gasteiger partial charge in [-0.05, 0) is 18.4 Å². The molecule has 0 fully saturated rings. The summed E-state index contributed by atoms with van der Waals surface area (Å²) in [5.74, 6) is 5.45. The molecule has 1 aromatic rings. The number of methoxy groups -OCH3 is 1. The molecule has 1 rings (SSSR count). The van der Waals surface area contributed by atoms with E-state index in [0.717, 1.165) is 12.3 Å². The Morgan fingerprint density at radius 3 is 2.68 bits per heavy atom. The third-order valence-electron chi connectivity index (χ3n) is 2.82. The van der Waals surface area contributed by atoms with Crippen LogP contribution in [0.4, 0.5) is 13.2 Å². The van der Waals surface area contributed by atoms with Crippen LogP contribution in [0.2, 0.25) is 0 Å². The van der Waals surface area contributed by atoms with E-state index in [9.17, 15) is 13.2 Å². The zero-order valence-electron chi connectivity index (χ0n) is 10.9. The molecule has 0 spiro atoms. The summed E-state index contributed by atoms with van der Waals surface area (Å²) >= 11 is 0. The van der Waals surface area contributed by atoms with E-state index in [0.29, 0.717) is 13.0 Å². The van der Waals surface area contributed by atoms with Crippen LogP contribution in [0.5, 0.6) is 0 Å². The summed E-state index contributed by atoms with van der Waals surface area (Å²) in [4.78, 5) is 3.75. The second kappa shape index (κ2) is 6.83. The lowest BCUT2D eigenvalue weighted by molar-refractivity contribution is -0.138.